The van der Waals surface area contributed by atoms with Crippen LogP contribution in [-0.2, 0) is 6.54 Å². The zero-order valence-electron chi connectivity index (χ0n) is 22.3. The summed E-state index contributed by atoms with van der Waals surface area (Å²) in [6.45, 7) is 11.3. The fraction of sp³-hybridized carbons (Fsp3) is 0.258. The molecule has 0 radical (unpaired) electrons. The summed E-state index contributed by atoms with van der Waals surface area (Å²) in [7, 11) is 0. The van der Waals surface area contributed by atoms with Crippen LogP contribution in [0, 0.1) is 6.92 Å². The van der Waals surface area contributed by atoms with Gasteiger partial charge in [0.1, 0.15) is 5.01 Å². The van der Waals surface area contributed by atoms with Gasteiger partial charge in [0.05, 0.1) is 17.4 Å². The first-order valence-corrected chi connectivity index (χ1v) is 14.1. The molecule has 0 bridgehead atoms. The molecule has 3 heterocycles. The highest BCUT2D eigenvalue weighted by Gasteiger charge is 2.17. The van der Waals surface area contributed by atoms with Gasteiger partial charge in [-0.05, 0) is 36.8 Å². The van der Waals surface area contributed by atoms with Gasteiger partial charge >= 0.3 is 0 Å². The first kappa shape index (κ1) is 25.8. The highest BCUT2D eigenvalue weighted by molar-refractivity contribution is 7.17. The van der Waals surface area contributed by atoms with Gasteiger partial charge in [0, 0.05) is 50.2 Å². The van der Waals surface area contributed by atoms with E-state index in [2.05, 4.69) is 111 Å². The maximum atomic E-state index is 4.58. The van der Waals surface area contributed by atoms with Crippen molar-refractivity contribution in [3.05, 3.63) is 102 Å². The Balaban J connectivity index is 0.00000144. The molecule has 38 heavy (non-hydrogen) atoms. The van der Waals surface area contributed by atoms with E-state index in [1.165, 1.54) is 16.8 Å². The summed E-state index contributed by atoms with van der Waals surface area (Å²) >= 11 is 1.59. The second kappa shape index (κ2) is 12.2. The Morgan fingerprint density at radius 3 is 2.05 bits per heavy atom. The van der Waals surface area contributed by atoms with Gasteiger partial charge < -0.3 is 4.90 Å². The number of aromatic nitrogens is 4. The van der Waals surface area contributed by atoms with Crippen molar-refractivity contribution in [2.45, 2.75) is 27.3 Å². The van der Waals surface area contributed by atoms with E-state index < -0.39 is 0 Å². The molecule has 0 unspecified atom stereocenters. The first-order valence-electron chi connectivity index (χ1n) is 13.3. The standard InChI is InChI=1S/C29H28N6S.C2H6/c1-22-7-11-24(12-8-22)28-31-32-29(36-28)25-19-30-35(21-25)27-13-9-23(10-14-27)20-33-15-17-34(18-16-33)26-5-3-2-4-6-26;1-2/h2-14,19,21H,15-18,20H2,1H3;1-2H3. The Morgan fingerprint density at radius 1 is 0.711 bits per heavy atom. The van der Waals surface area contributed by atoms with Crippen LogP contribution in [0.25, 0.3) is 26.8 Å². The maximum Gasteiger partial charge on any atom is 0.151 e. The van der Waals surface area contributed by atoms with Gasteiger partial charge in [-0.25, -0.2) is 4.68 Å². The molecule has 3 aromatic carbocycles. The summed E-state index contributed by atoms with van der Waals surface area (Å²) in [5.74, 6) is 0. The van der Waals surface area contributed by atoms with Crippen LogP contribution in [0.1, 0.15) is 25.0 Å². The second-order valence-corrected chi connectivity index (χ2v) is 10.2. The number of anilines is 1. The number of piperazine rings is 1. The van der Waals surface area contributed by atoms with Crippen molar-refractivity contribution in [3.8, 4) is 26.8 Å². The number of benzene rings is 3. The Bertz CT molecular complexity index is 1420. The van der Waals surface area contributed by atoms with Crippen LogP contribution in [0.3, 0.4) is 0 Å². The minimum Gasteiger partial charge on any atom is -0.369 e. The lowest BCUT2D eigenvalue weighted by atomic mass is 10.1. The average molecular weight is 523 g/mol. The third kappa shape index (κ3) is 6.01. The number of aryl methyl sites for hydroxylation is 1. The van der Waals surface area contributed by atoms with Crippen molar-refractivity contribution in [3.63, 3.8) is 0 Å². The third-order valence-corrected chi connectivity index (χ3v) is 7.68. The molecule has 1 aliphatic heterocycles. The van der Waals surface area contributed by atoms with Crippen molar-refractivity contribution in [1.82, 2.24) is 24.9 Å². The minimum absolute atomic E-state index is 0.878. The number of nitrogens with zero attached hydrogens (tertiary/aromatic N) is 6. The van der Waals surface area contributed by atoms with Gasteiger partial charge in [0.15, 0.2) is 5.01 Å². The van der Waals surface area contributed by atoms with E-state index in [0.717, 1.165) is 59.6 Å². The summed E-state index contributed by atoms with van der Waals surface area (Å²) in [6, 6.07) is 27.8. The van der Waals surface area contributed by atoms with Gasteiger partial charge in [-0.15, -0.1) is 10.2 Å². The summed E-state index contributed by atoms with van der Waals surface area (Å²) < 4.78 is 1.91. The smallest absolute Gasteiger partial charge is 0.151 e. The van der Waals surface area contributed by atoms with E-state index in [1.54, 1.807) is 11.3 Å². The topological polar surface area (TPSA) is 50.1 Å². The summed E-state index contributed by atoms with van der Waals surface area (Å²) in [6.07, 6.45) is 3.89. The lowest BCUT2D eigenvalue weighted by Crippen LogP contribution is -2.45. The first-order chi connectivity index (χ1) is 18.7. The molecule has 6 nitrogen and oxygen atoms in total. The number of hydrogen-bond donors (Lipinski definition) is 0. The van der Waals surface area contributed by atoms with E-state index >= 15 is 0 Å². The molecule has 5 aromatic rings. The average Bonchev–Trinajstić information content (AvgIpc) is 3.67. The summed E-state index contributed by atoms with van der Waals surface area (Å²) in [4.78, 5) is 5.00. The van der Waals surface area contributed by atoms with Crippen molar-refractivity contribution >= 4 is 17.0 Å². The SMILES string of the molecule is CC.Cc1ccc(-c2nnc(-c3cnn(-c4ccc(CN5CCN(c6ccccc6)CC5)cc4)c3)s2)cc1. The molecule has 1 saturated heterocycles. The number of para-hydroxylation sites is 1. The summed E-state index contributed by atoms with van der Waals surface area (Å²) in [5.41, 5.74) is 7.00. The van der Waals surface area contributed by atoms with Crippen LogP contribution < -0.4 is 4.90 Å². The van der Waals surface area contributed by atoms with Gasteiger partial charge in [-0.3, -0.25) is 4.90 Å². The number of hydrogen-bond acceptors (Lipinski definition) is 6. The molecule has 0 amide bonds. The van der Waals surface area contributed by atoms with E-state index in [1.807, 2.05) is 30.9 Å². The van der Waals surface area contributed by atoms with E-state index in [9.17, 15) is 0 Å². The maximum absolute atomic E-state index is 4.58. The minimum atomic E-state index is 0.878. The van der Waals surface area contributed by atoms with Crippen molar-refractivity contribution in [2.75, 3.05) is 31.1 Å². The fourth-order valence-corrected chi connectivity index (χ4v) is 5.37. The fourth-order valence-electron chi connectivity index (χ4n) is 4.54. The molecule has 1 aliphatic rings. The monoisotopic (exact) mass is 522 g/mol. The highest BCUT2D eigenvalue weighted by atomic mass is 32.1. The second-order valence-electron chi connectivity index (χ2n) is 9.22. The van der Waals surface area contributed by atoms with Gasteiger partial charge in [-0.1, -0.05) is 85.3 Å². The van der Waals surface area contributed by atoms with E-state index in [4.69, 9.17) is 0 Å². The quantitative estimate of drug-likeness (QED) is 0.248. The molecule has 0 N–H and O–H groups in total. The molecule has 0 spiro atoms. The zero-order chi connectivity index (χ0) is 26.3. The largest absolute Gasteiger partial charge is 0.369 e. The summed E-state index contributed by atoms with van der Waals surface area (Å²) in [5, 5.41) is 15.2. The third-order valence-electron chi connectivity index (χ3n) is 6.65. The lowest BCUT2D eigenvalue weighted by molar-refractivity contribution is 0.250. The van der Waals surface area contributed by atoms with Crippen LogP contribution in [0.4, 0.5) is 5.69 Å². The Labute approximate surface area is 229 Å². The molecular formula is C31H34N6S. The molecular weight excluding hydrogens is 488 g/mol. The Hall–Kier alpha value is -3.81. The highest BCUT2D eigenvalue weighted by Crippen LogP contribution is 2.30. The normalized spacial score (nSPS) is 13.7. The molecule has 0 atom stereocenters. The zero-order valence-corrected chi connectivity index (χ0v) is 23.1. The van der Waals surface area contributed by atoms with Crippen LogP contribution in [0.15, 0.2) is 91.3 Å². The number of rotatable bonds is 6. The predicted molar refractivity (Wildman–Crippen MR) is 158 cm³/mol. The van der Waals surface area contributed by atoms with Crippen LogP contribution >= 0.6 is 11.3 Å². The molecule has 1 fully saturated rings. The molecule has 0 aliphatic carbocycles. The molecule has 7 heteroatoms. The Kier molecular flexibility index (Phi) is 8.26. The van der Waals surface area contributed by atoms with Crippen LogP contribution in [0.2, 0.25) is 0 Å². The van der Waals surface area contributed by atoms with Gasteiger partial charge in [-0.2, -0.15) is 5.10 Å². The molecule has 2 aromatic heterocycles. The van der Waals surface area contributed by atoms with Crippen LogP contribution in [0.5, 0.6) is 0 Å². The molecule has 6 rings (SSSR count). The van der Waals surface area contributed by atoms with Gasteiger partial charge in [0.25, 0.3) is 0 Å². The van der Waals surface area contributed by atoms with Crippen molar-refractivity contribution in [2.24, 2.45) is 0 Å². The van der Waals surface area contributed by atoms with Crippen molar-refractivity contribution < 1.29 is 0 Å². The molecule has 194 valence electrons. The van der Waals surface area contributed by atoms with Crippen LogP contribution in [-0.4, -0.2) is 51.1 Å². The van der Waals surface area contributed by atoms with E-state index in [0.29, 0.717) is 0 Å². The van der Waals surface area contributed by atoms with E-state index in [-0.39, 0.29) is 0 Å². The molecule has 0 saturated carbocycles. The van der Waals surface area contributed by atoms with Crippen molar-refractivity contribution in [1.29, 1.82) is 0 Å². The Morgan fingerprint density at radius 2 is 1.37 bits per heavy atom. The predicted octanol–water partition coefficient (Wildman–Crippen LogP) is 6.71. The lowest BCUT2D eigenvalue weighted by Gasteiger charge is -2.36. The van der Waals surface area contributed by atoms with Gasteiger partial charge in [0.2, 0.25) is 0 Å².